The zero-order valence-corrected chi connectivity index (χ0v) is 12.1. The van der Waals surface area contributed by atoms with Crippen molar-refractivity contribution in [3.63, 3.8) is 0 Å². The summed E-state index contributed by atoms with van der Waals surface area (Å²) in [6, 6.07) is 5.60. The summed E-state index contributed by atoms with van der Waals surface area (Å²) in [5.41, 5.74) is 6.46. The summed E-state index contributed by atoms with van der Waals surface area (Å²) in [7, 11) is 0. The van der Waals surface area contributed by atoms with Gasteiger partial charge in [-0.05, 0) is 56.0 Å². The molecule has 0 fully saturated rings. The van der Waals surface area contributed by atoms with Crippen molar-refractivity contribution in [2.24, 2.45) is 11.7 Å². The molecule has 0 aliphatic heterocycles. The summed E-state index contributed by atoms with van der Waals surface area (Å²) < 4.78 is 5.61. The number of hydrogen-bond acceptors (Lipinski definition) is 3. The molecule has 104 valence electrons. The van der Waals surface area contributed by atoms with Crippen LogP contribution in [0.25, 0.3) is 0 Å². The van der Waals surface area contributed by atoms with E-state index in [0.717, 1.165) is 29.2 Å². The number of benzene rings is 1. The van der Waals surface area contributed by atoms with Crippen LogP contribution in [-0.4, -0.2) is 24.9 Å². The number of aryl methyl sites for hydroxylation is 1. The molecule has 0 heterocycles. The third kappa shape index (κ3) is 5.91. The highest BCUT2D eigenvalue weighted by atomic mass is 35.5. The first-order chi connectivity index (χ1) is 8.17. The fourth-order valence-corrected chi connectivity index (χ4v) is 1.73. The minimum absolute atomic E-state index is 0. The van der Waals surface area contributed by atoms with E-state index in [1.54, 1.807) is 0 Å². The highest BCUT2D eigenvalue weighted by Gasteiger charge is 2.06. The van der Waals surface area contributed by atoms with Gasteiger partial charge in [-0.15, -0.1) is 12.4 Å². The van der Waals surface area contributed by atoms with Gasteiger partial charge >= 0.3 is 0 Å². The molecule has 0 amide bonds. The van der Waals surface area contributed by atoms with Crippen LogP contribution in [0.4, 0.5) is 0 Å². The van der Waals surface area contributed by atoms with Crippen LogP contribution >= 0.6 is 24.0 Å². The third-order valence-electron chi connectivity index (χ3n) is 2.76. The van der Waals surface area contributed by atoms with Crippen LogP contribution in [0.2, 0.25) is 5.02 Å². The standard InChI is InChI=1S/C13H20ClNO2.ClH/c1-10-8-12(2-3-13(10)14)17-7-5-11(9-16)4-6-15;/h2-3,8,11,16H,4-7,9,15H2,1H3;1H. The van der Waals surface area contributed by atoms with Crippen molar-refractivity contribution in [1.82, 2.24) is 0 Å². The van der Waals surface area contributed by atoms with Gasteiger partial charge in [0.1, 0.15) is 5.75 Å². The first-order valence-corrected chi connectivity index (χ1v) is 6.25. The van der Waals surface area contributed by atoms with Crippen molar-refractivity contribution >= 4 is 24.0 Å². The van der Waals surface area contributed by atoms with Gasteiger partial charge in [0.15, 0.2) is 0 Å². The van der Waals surface area contributed by atoms with Crippen LogP contribution in [0.3, 0.4) is 0 Å². The first kappa shape index (κ1) is 17.5. The first-order valence-electron chi connectivity index (χ1n) is 5.87. The van der Waals surface area contributed by atoms with E-state index in [9.17, 15) is 0 Å². The maximum absolute atomic E-state index is 9.11. The lowest BCUT2D eigenvalue weighted by atomic mass is 10.0. The van der Waals surface area contributed by atoms with E-state index >= 15 is 0 Å². The molecule has 0 saturated carbocycles. The van der Waals surface area contributed by atoms with Gasteiger partial charge in [0, 0.05) is 11.6 Å². The van der Waals surface area contributed by atoms with E-state index < -0.39 is 0 Å². The molecule has 0 aliphatic rings. The molecular weight excluding hydrogens is 273 g/mol. The zero-order valence-electron chi connectivity index (χ0n) is 10.6. The molecule has 5 heteroatoms. The molecule has 1 unspecified atom stereocenters. The Bertz CT molecular complexity index is 348. The molecule has 0 saturated heterocycles. The Balaban J connectivity index is 0.00000289. The monoisotopic (exact) mass is 293 g/mol. The number of aliphatic hydroxyl groups excluding tert-OH is 1. The third-order valence-corrected chi connectivity index (χ3v) is 3.18. The van der Waals surface area contributed by atoms with Gasteiger partial charge in [0.05, 0.1) is 6.61 Å². The van der Waals surface area contributed by atoms with Gasteiger partial charge in [0.2, 0.25) is 0 Å². The molecule has 0 aromatic heterocycles. The average Bonchev–Trinajstić information content (AvgIpc) is 2.32. The molecule has 0 aliphatic carbocycles. The van der Waals surface area contributed by atoms with Crippen molar-refractivity contribution in [2.75, 3.05) is 19.8 Å². The van der Waals surface area contributed by atoms with Gasteiger partial charge < -0.3 is 15.6 Å². The van der Waals surface area contributed by atoms with E-state index in [4.69, 9.17) is 27.2 Å². The molecule has 0 spiro atoms. The Morgan fingerprint density at radius 1 is 1.39 bits per heavy atom. The minimum atomic E-state index is 0. The van der Waals surface area contributed by atoms with Crippen molar-refractivity contribution in [1.29, 1.82) is 0 Å². The van der Waals surface area contributed by atoms with E-state index in [-0.39, 0.29) is 24.9 Å². The number of hydrogen-bond donors (Lipinski definition) is 2. The second kappa shape index (κ2) is 9.45. The summed E-state index contributed by atoms with van der Waals surface area (Å²) in [6.07, 6.45) is 1.65. The molecule has 1 aromatic rings. The Kier molecular flexibility index (Phi) is 9.20. The van der Waals surface area contributed by atoms with Crippen molar-refractivity contribution in [2.45, 2.75) is 19.8 Å². The molecule has 1 rings (SSSR count). The quantitative estimate of drug-likeness (QED) is 0.813. The van der Waals surface area contributed by atoms with E-state index in [2.05, 4.69) is 0 Å². The zero-order chi connectivity index (χ0) is 12.7. The lowest BCUT2D eigenvalue weighted by Gasteiger charge is -2.13. The van der Waals surface area contributed by atoms with Gasteiger partial charge in [-0.25, -0.2) is 0 Å². The molecule has 0 radical (unpaired) electrons. The number of nitrogens with two attached hydrogens (primary N) is 1. The summed E-state index contributed by atoms with van der Waals surface area (Å²) >= 11 is 5.93. The van der Waals surface area contributed by atoms with Crippen molar-refractivity contribution in [3.8, 4) is 5.75 Å². The SMILES string of the molecule is Cc1cc(OCCC(CO)CCN)ccc1Cl.Cl. The number of rotatable bonds is 7. The lowest BCUT2D eigenvalue weighted by Crippen LogP contribution is -2.15. The molecule has 18 heavy (non-hydrogen) atoms. The lowest BCUT2D eigenvalue weighted by molar-refractivity contribution is 0.186. The largest absolute Gasteiger partial charge is 0.494 e. The highest BCUT2D eigenvalue weighted by Crippen LogP contribution is 2.21. The maximum atomic E-state index is 9.11. The smallest absolute Gasteiger partial charge is 0.119 e. The van der Waals surface area contributed by atoms with Crippen LogP contribution in [0, 0.1) is 12.8 Å². The number of halogens is 2. The topological polar surface area (TPSA) is 55.5 Å². The highest BCUT2D eigenvalue weighted by molar-refractivity contribution is 6.31. The molecule has 1 aromatic carbocycles. The van der Waals surface area contributed by atoms with Crippen molar-refractivity contribution < 1.29 is 9.84 Å². The van der Waals surface area contributed by atoms with Crippen LogP contribution in [-0.2, 0) is 0 Å². The summed E-state index contributed by atoms with van der Waals surface area (Å²) in [5, 5.41) is 9.85. The Morgan fingerprint density at radius 2 is 2.11 bits per heavy atom. The van der Waals surface area contributed by atoms with Crippen molar-refractivity contribution in [3.05, 3.63) is 28.8 Å². The van der Waals surface area contributed by atoms with E-state index in [1.807, 2.05) is 25.1 Å². The minimum Gasteiger partial charge on any atom is -0.494 e. The Labute approximate surface area is 120 Å². The second-order valence-electron chi connectivity index (χ2n) is 4.17. The molecule has 1 atom stereocenters. The van der Waals surface area contributed by atoms with Crippen LogP contribution in [0.1, 0.15) is 18.4 Å². The van der Waals surface area contributed by atoms with E-state index in [1.165, 1.54) is 0 Å². The molecule has 3 N–H and O–H groups in total. The van der Waals surface area contributed by atoms with Gasteiger partial charge in [-0.2, -0.15) is 0 Å². The fourth-order valence-electron chi connectivity index (χ4n) is 1.61. The van der Waals surface area contributed by atoms with Gasteiger partial charge in [0.25, 0.3) is 0 Å². The Hall–Kier alpha value is -0.480. The second-order valence-corrected chi connectivity index (χ2v) is 4.58. The molecular formula is C13H21Cl2NO2. The summed E-state index contributed by atoms with van der Waals surface area (Å²) in [6.45, 7) is 3.30. The van der Waals surface area contributed by atoms with Crippen LogP contribution in [0.15, 0.2) is 18.2 Å². The van der Waals surface area contributed by atoms with Crippen LogP contribution < -0.4 is 10.5 Å². The van der Waals surface area contributed by atoms with Gasteiger partial charge in [-0.1, -0.05) is 11.6 Å². The number of ether oxygens (including phenoxy) is 1. The number of aliphatic hydroxyl groups is 1. The predicted octanol–water partition coefficient (Wildman–Crippen LogP) is 2.80. The van der Waals surface area contributed by atoms with Gasteiger partial charge in [-0.3, -0.25) is 0 Å². The Morgan fingerprint density at radius 3 is 2.67 bits per heavy atom. The summed E-state index contributed by atoms with van der Waals surface area (Å²) in [5.74, 6) is 1.05. The average molecular weight is 294 g/mol. The van der Waals surface area contributed by atoms with Crippen LogP contribution in [0.5, 0.6) is 5.75 Å². The predicted molar refractivity (Wildman–Crippen MR) is 77.8 cm³/mol. The normalized spacial score (nSPS) is 11.8. The maximum Gasteiger partial charge on any atom is 0.119 e. The fraction of sp³-hybridized carbons (Fsp3) is 0.538. The molecule has 3 nitrogen and oxygen atoms in total. The summed E-state index contributed by atoms with van der Waals surface area (Å²) in [4.78, 5) is 0. The molecule has 0 bridgehead atoms. The van der Waals surface area contributed by atoms with E-state index in [0.29, 0.717) is 13.2 Å².